The monoisotopic (exact) mass is 205 g/mol. The largest absolute Gasteiger partial charge is 0.368 e. The van der Waals surface area contributed by atoms with Crippen LogP contribution in [0.5, 0.6) is 0 Å². The number of hydrogen-bond donors (Lipinski definition) is 1. The molecule has 0 bridgehead atoms. The fraction of sp³-hybridized carbons (Fsp3) is 0.571. The zero-order valence-corrected chi connectivity index (χ0v) is 8.74. The molecule has 1 aromatic heterocycles. The van der Waals surface area contributed by atoms with E-state index in [0.29, 0.717) is 4.47 Å². The Labute approximate surface area is 81.4 Å². The van der Waals surface area contributed by atoms with Gasteiger partial charge in [0.15, 0.2) is 4.47 Å². The fourth-order valence-electron chi connectivity index (χ4n) is 0.741. The maximum atomic E-state index is 5.66. The molecule has 0 saturated carbocycles. The minimum absolute atomic E-state index is 0.586. The first-order valence-corrected chi connectivity index (χ1v) is 4.94. The molecule has 1 heterocycles. The predicted molar refractivity (Wildman–Crippen MR) is 54.2 cm³/mol. The van der Waals surface area contributed by atoms with E-state index >= 15 is 0 Å². The number of thiazole rings is 1. The Bertz CT molecular complexity index is 236. The van der Waals surface area contributed by atoms with Crippen molar-refractivity contribution >= 4 is 28.8 Å². The summed E-state index contributed by atoms with van der Waals surface area (Å²) in [7, 11) is 4.07. The van der Waals surface area contributed by atoms with Crippen LogP contribution >= 0.6 is 22.9 Å². The van der Waals surface area contributed by atoms with Crippen LogP contribution in [0.4, 0.5) is 5.82 Å². The van der Waals surface area contributed by atoms with Crippen LogP contribution in [0.3, 0.4) is 0 Å². The molecule has 0 aliphatic rings. The second kappa shape index (κ2) is 4.64. The first-order chi connectivity index (χ1) is 5.68. The summed E-state index contributed by atoms with van der Waals surface area (Å²) in [6.07, 6.45) is 0. The Kier molecular flexibility index (Phi) is 3.78. The standard InChI is InChI=1S/C7H12ClN3S/c1-11(2)4-3-9-6-5-12-7(8)10-6/h5,9H,3-4H2,1-2H3. The highest BCUT2D eigenvalue weighted by Crippen LogP contribution is 2.18. The van der Waals surface area contributed by atoms with Crippen molar-refractivity contribution in [3.8, 4) is 0 Å². The van der Waals surface area contributed by atoms with Crippen LogP contribution in [0.2, 0.25) is 4.47 Å². The lowest BCUT2D eigenvalue weighted by Crippen LogP contribution is -2.20. The van der Waals surface area contributed by atoms with Crippen LogP contribution in [0.25, 0.3) is 0 Å². The Morgan fingerprint density at radius 2 is 2.42 bits per heavy atom. The number of rotatable bonds is 4. The minimum Gasteiger partial charge on any atom is -0.368 e. The molecule has 12 heavy (non-hydrogen) atoms. The summed E-state index contributed by atoms with van der Waals surface area (Å²) in [6, 6.07) is 0. The van der Waals surface area contributed by atoms with E-state index in [0.717, 1.165) is 18.9 Å². The molecule has 0 atom stereocenters. The van der Waals surface area contributed by atoms with Gasteiger partial charge < -0.3 is 10.2 Å². The van der Waals surface area contributed by atoms with E-state index in [2.05, 4.69) is 15.2 Å². The van der Waals surface area contributed by atoms with Crippen LogP contribution in [0.15, 0.2) is 5.38 Å². The van der Waals surface area contributed by atoms with Crippen LogP contribution in [-0.4, -0.2) is 37.1 Å². The maximum Gasteiger partial charge on any atom is 0.185 e. The second-order valence-electron chi connectivity index (χ2n) is 2.72. The van der Waals surface area contributed by atoms with Crippen LogP contribution in [0, 0.1) is 0 Å². The highest BCUT2D eigenvalue weighted by Gasteiger charge is 1.97. The molecule has 3 nitrogen and oxygen atoms in total. The van der Waals surface area contributed by atoms with Gasteiger partial charge in [0.25, 0.3) is 0 Å². The van der Waals surface area contributed by atoms with Gasteiger partial charge in [0, 0.05) is 18.5 Å². The molecule has 1 aromatic rings. The third kappa shape index (κ3) is 3.38. The lowest BCUT2D eigenvalue weighted by molar-refractivity contribution is 0.425. The van der Waals surface area contributed by atoms with Gasteiger partial charge in [-0.25, -0.2) is 4.98 Å². The number of aromatic nitrogens is 1. The molecule has 0 aromatic carbocycles. The number of nitrogens with one attached hydrogen (secondary N) is 1. The molecule has 0 spiro atoms. The van der Waals surface area contributed by atoms with Gasteiger partial charge in [-0.15, -0.1) is 11.3 Å². The SMILES string of the molecule is CN(C)CCNc1csc(Cl)n1. The van der Waals surface area contributed by atoms with Gasteiger partial charge in [-0.3, -0.25) is 0 Å². The molecule has 0 saturated heterocycles. The Hall–Kier alpha value is -0.320. The van der Waals surface area contributed by atoms with Gasteiger partial charge in [-0.05, 0) is 14.1 Å². The average molecular weight is 206 g/mol. The Morgan fingerprint density at radius 3 is 2.92 bits per heavy atom. The molecule has 0 fully saturated rings. The van der Waals surface area contributed by atoms with Crippen LogP contribution in [-0.2, 0) is 0 Å². The van der Waals surface area contributed by atoms with E-state index in [1.54, 1.807) is 0 Å². The average Bonchev–Trinajstić information content (AvgIpc) is 2.35. The van der Waals surface area contributed by atoms with Crippen LogP contribution in [0.1, 0.15) is 0 Å². The van der Waals surface area contributed by atoms with Gasteiger partial charge in [-0.1, -0.05) is 11.6 Å². The van der Waals surface area contributed by atoms with Crippen molar-refractivity contribution < 1.29 is 0 Å². The van der Waals surface area contributed by atoms with E-state index in [1.807, 2.05) is 19.5 Å². The number of halogens is 1. The van der Waals surface area contributed by atoms with Gasteiger partial charge >= 0.3 is 0 Å². The van der Waals surface area contributed by atoms with Crippen molar-refractivity contribution in [2.24, 2.45) is 0 Å². The summed E-state index contributed by atoms with van der Waals surface area (Å²) < 4.78 is 0.586. The van der Waals surface area contributed by atoms with Gasteiger partial charge in [0.1, 0.15) is 5.82 Å². The number of nitrogens with zero attached hydrogens (tertiary/aromatic N) is 2. The normalized spacial score (nSPS) is 10.7. The molecule has 0 amide bonds. The molecular formula is C7H12ClN3S. The molecule has 68 valence electrons. The molecule has 5 heteroatoms. The van der Waals surface area contributed by atoms with Crippen LogP contribution < -0.4 is 5.32 Å². The smallest absolute Gasteiger partial charge is 0.185 e. The molecule has 1 rings (SSSR count). The van der Waals surface area contributed by atoms with Crippen molar-refractivity contribution in [3.05, 3.63) is 9.85 Å². The maximum absolute atomic E-state index is 5.66. The third-order valence-corrected chi connectivity index (χ3v) is 2.32. The molecule has 0 aliphatic carbocycles. The van der Waals surface area contributed by atoms with E-state index in [-0.39, 0.29) is 0 Å². The first-order valence-electron chi connectivity index (χ1n) is 3.68. The molecule has 0 radical (unpaired) electrons. The van der Waals surface area contributed by atoms with Crippen molar-refractivity contribution in [2.45, 2.75) is 0 Å². The van der Waals surface area contributed by atoms with Gasteiger partial charge in [-0.2, -0.15) is 0 Å². The minimum atomic E-state index is 0.586. The Balaban J connectivity index is 2.24. The lowest BCUT2D eigenvalue weighted by Gasteiger charge is -2.09. The molecule has 1 N–H and O–H groups in total. The Morgan fingerprint density at radius 1 is 1.67 bits per heavy atom. The molecular weight excluding hydrogens is 194 g/mol. The summed E-state index contributed by atoms with van der Waals surface area (Å²) in [5.41, 5.74) is 0. The quantitative estimate of drug-likeness (QED) is 0.812. The van der Waals surface area contributed by atoms with Gasteiger partial charge in [0.05, 0.1) is 0 Å². The molecule has 0 unspecified atom stereocenters. The third-order valence-electron chi connectivity index (χ3n) is 1.34. The molecule has 0 aliphatic heterocycles. The highest BCUT2D eigenvalue weighted by molar-refractivity contribution is 7.14. The second-order valence-corrected chi connectivity index (χ2v) is 4.16. The van der Waals surface area contributed by atoms with E-state index in [4.69, 9.17) is 11.6 Å². The highest BCUT2D eigenvalue weighted by atomic mass is 35.5. The van der Waals surface area contributed by atoms with Crippen molar-refractivity contribution in [1.82, 2.24) is 9.88 Å². The summed E-state index contributed by atoms with van der Waals surface area (Å²) in [6.45, 7) is 1.89. The summed E-state index contributed by atoms with van der Waals surface area (Å²) in [5.74, 6) is 0.867. The number of likely N-dealkylation sites (N-methyl/N-ethyl adjacent to an activating group) is 1. The summed E-state index contributed by atoms with van der Waals surface area (Å²) in [5, 5.41) is 5.08. The number of anilines is 1. The first kappa shape index (κ1) is 9.77. The summed E-state index contributed by atoms with van der Waals surface area (Å²) in [4.78, 5) is 6.17. The van der Waals surface area contributed by atoms with Crippen molar-refractivity contribution in [3.63, 3.8) is 0 Å². The van der Waals surface area contributed by atoms with Gasteiger partial charge in [0.2, 0.25) is 0 Å². The van der Waals surface area contributed by atoms with E-state index in [9.17, 15) is 0 Å². The van der Waals surface area contributed by atoms with Crippen molar-refractivity contribution in [1.29, 1.82) is 0 Å². The van der Waals surface area contributed by atoms with E-state index in [1.165, 1.54) is 11.3 Å². The zero-order valence-electron chi connectivity index (χ0n) is 7.17. The predicted octanol–water partition coefficient (Wildman–Crippen LogP) is 1.77. The topological polar surface area (TPSA) is 28.2 Å². The fourth-order valence-corrected chi connectivity index (χ4v) is 1.46. The van der Waals surface area contributed by atoms with E-state index < -0.39 is 0 Å². The zero-order chi connectivity index (χ0) is 8.97. The van der Waals surface area contributed by atoms with Crippen molar-refractivity contribution in [2.75, 3.05) is 32.5 Å². The number of hydrogen-bond acceptors (Lipinski definition) is 4. The summed E-state index contributed by atoms with van der Waals surface area (Å²) >= 11 is 7.10. The lowest BCUT2D eigenvalue weighted by atomic mass is 10.5.